The second-order valence-electron chi connectivity index (χ2n) is 9.01. The highest BCUT2D eigenvalue weighted by Crippen LogP contribution is 2.31. The summed E-state index contributed by atoms with van der Waals surface area (Å²) in [6.45, 7) is 4.52. The van der Waals surface area contributed by atoms with Gasteiger partial charge in [0, 0.05) is 70.9 Å². The molecule has 0 atom stereocenters. The number of carbonyl (C=O) groups is 2. The molecular formula is C25H28FN7O3. The molecule has 0 aliphatic carbocycles. The molecule has 36 heavy (non-hydrogen) atoms. The van der Waals surface area contributed by atoms with E-state index in [4.69, 9.17) is 14.7 Å². The molecule has 2 aliphatic heterocycles. The fourth-order valence-electron chi connectivity index (χ4n) is 4.64. The van der Waals surface area contributed by atoms with Gasteiger partial charge in [-0.15, -0.1) is 0 Å². The fraction of sp³-hybridized carbons (Fsp3) is 0.400. The number of carbonyl (C=O) groups excluding carboxylic acids is 2. The van der Waals surface area contributed by atoms with Crippen LogP contribution in [0, 0.1) is 5.82 Å². The molecule has 2 aliphatic rings. The lowest BCUT2D eigenvalue weighted by Gasteiger charge is -2.37. The van der Waals surface area contributed by atoms with Gasteiger partial charge in [-0.3, -0.25) is 14.3 Å². The van der Waals surface area contributed by atoms with Crippen LogP contribution in [0.15, 0.2) is 30.6 Å². The normalized spacial score (nSPS) is 15.6. The van der Waals surface area contributed by atoms with E-state index >= 15 is 0 Å². The Morgan fingerprint density at radius 3 is 2.44 bits per heavy atom. The third kappa shape index (κ3) is 4.48. The van der Waals surface area contributed by atoms with Crippen molar-refractivity contribution >= 4 is 17.6 Å². The first kappa shape index (κ1) is 23.7. The Morgan fingerprint density at radius 1 is 1.03 bits per heavy atom. The number of methoxy groups -OCH3 is 1. The summed E-state index contributed by atoms with van der Waals surface area (Å²) in [6.07, 6.45) is 4.27. The van der Waals surface area contributed by atoms with Crippen LogP contribution in [0.25, 0.3) is 11.3 Å². The third-order valence-corrected chi connectivity index (χ3v) is 6.69. The van der Waals surface area contributed by atoms with Crippen LogP contribution in [-0.2, 0) is 24.8 Å². The van der Waals surface area contributed by atoms with Gasteiger partial charge in [0.05, 0.1) is 36.8 Å². The summed E-state index contributed by atoms with van der Waals surface area (Å²) >= 11 is 0. The number of fused-ring (bicyclic) bond motifs is 1. The van der Waals surface area contributed by atoms with Gasteiger partial charge in [-0.1, -0.05) is 0 Å². The zero-order valence-corrected chi connectivity index (χ0v) is 20.6. The average Bonchev–Trinajstić information content (AvgIpc) is 3.33. The molecule has 3 aromatic rings. The van der Waals surface area contributed by atoms with Crippen LogP contribution in [-0.4, -0.2) is 81.2 Å². The molecule has 10 nitrogen and oxygen atoms in total. The summed E-state index contributed by atoms with van der Waals surface area (Å²) < 4.78 is 21.2. The number of piperazine rings is 1. The van der Waals surface area contributed by atoms with Crippen molar-refractivity contribution in [1.82, 2.24) is 29.5 Å². The Balaban J connectivity index is 1.39. The summed E-state index contributed by atoms with van der Waals surface area (Å²) in [5.74, 6) is 0.183. The van der Waals surface area contributed by atoms with Crippen molar-refractivity contribution < 1.29 is 18.7 Å². The number of rotatable bonds is 4. The average molecular weight is 494 g/mol. The van der Waals surface area contributed by atoms with Crippen molar-refractivity contribution in [2.45, 2.75) is 19.9 Å². The van der Waals surface area contributed by atoms with Crippen LogP contribution >= 0.6 is 0 Å². The van der Waals surface area contributed by atoms with Gasteiger partial charge in [-0.2, -0.15) is 5.10 Å². The smallest absolute Gasteiger partial charge is 0.256 e. The number of benzene rings is 1. The number of aryl methyl sites for hydroxylation is 1. The molecule has 0 N–H and O–H groups in total. The minimum absolute atomic E-state index is 0.0172. The summed E-state index contributed by atoms with van der Waals surface area (Å²) in [6, 6.07) is 4.27. The lowest BCUT2D eigenvalue weighted by molar-refractivity contribution is -0.129. The number of amides is 2. The largest absolute Gasteiger partial charge is 0.497 e. The van der Waals surface area contributed by atoms with Crippen LogP contribution in [0.1, 0.15) is 28.7 Å². The van der Waals surface area contributed by atoms with Gasteiger partial charge in [0.1, 0.15) is 17.3 Å². The number of ether oxygens (including phenoxy) is 1. The molecule has 1 aromatic carbocycles. The lowest BCUT2D eigenvalue weighted by Crippen LogP contribution is -2.49. The molecule has 188 valence electrons. The maximum Gasteiger partial charge on any atom is 0.256 e. The molecule has 0 bridgehead atoms. The van der Waals surface area contributed by atoms with Crippen molar-refractivity contribution in [2.24, 2.45) is 7.05 Å². The van der Waals surface area contributed by atoms with Gasteiger partial charge in [0.2, 0.25) is 5.91 Å². The highest BCUT2D eigenvalue weighted by Gasteiger charge is 2.29. The van der Waals surface area contributed by atoms with Gasteiger partial charge >= 0.3 is 0 Å². The number of aromatic nitrogens is 4. The number of hydrogen-bond donors (Lipinski definition) is 0. The molecule has 5 rings (SSSR count). The molecule has 0 radical (unpaired) electrons. The van der Waals surface area contributed by atoms with E-state index in [1.807, 2.05) is 13.2 Å². The quantitative estimate of drug-likeness (QED) is 0.548. The highest BCUT2D eigenvalue weighted by molar-refractivity contribution is 5.94. The first-order valence-corrected chi connectivity index (χ1v) is 11.9. The van der Waals surface area contributed by atoms with Crippen LogP contribution in [0.5, 0.6) is 5.75 Å². The van der Waals surface area contributed by atoms with Crippen molar-refractivity contribution in [3.63, 3.8) is 0 Å². The minimum Gasteiger partial charge on any atom is -0.497 e. The van der Waals surface area contributed by atoms with Crippen LogP contribution < -0.4 is 9.64 Å². The Bertz CT molecular complexity index is 1320. The lowest BCUT2D eigenvalue weighted by atomic mass is 10.1. The van der Waals surface area contributed by atoms with Crippen molar-refractivity contribution in [3.05, 3.63) is 53.4 Å². The predicted molar refractivity (Wildman–Crippen MR) is 130 cm³/mol. The number of nitrogens with zero attached hydrogens (tertiary/aromatic N) is 7. The highest BCUT2D eigenvalue weighted by atomic mass is 19.1. The molecule has 1 saturated heterocycles. The summed E-state index contributed by atoms with van der Waals surface area (Å²) in [5, 5.41) is 4.29. The predicted octanol–water partition coefficient (Wildman–Crippen LogP) is 1.89. The van der Waals surface area contributed by atoms with Gasteiger partial charge in [0.15, 0.2) is 5.82 Å². The van der Waals surface area contributed by atoms with Crippen molar-refractivity contribution in [3.8, 4) is 17.0 Å². The zero-order chi connectivity index (χ0) is 25.4. The molecule has 1 fully saturated rings. The summed E-state index contributed by atoms with van der Waals surface area (Å²) in [7, 11) is 3.30. The Kier molecular flexibility index (Phi) is 6.29. The minimum atomic E-state index is -0.596. The van der Waals surface area contributed by atoms with E-state index in [0.29, 0.717) is 57.1 Å². The Labute approximate surface area is 208 Å². The maximum absolute atomic E-state index is 14.5. The van der Waals surface area contributed by atoms with E-state index in [9.17, 15) is 14.0 Å². The molecule has 11 heteroatoms. The number of anilines is 1. The number of hydrogen-bond acceptors (Lipinski definition) is 7. The van der Waals surface area contributed by atoms with E-state index in [1.165, 1.54) is 19.2 Å². The van der Waals surface area contributed by atoms with E-state index in [-0.39, 0.29) is 17.4 Å². The summed E-state index contributed by atoms with van der Waals surface area (Å²) in [5.41, 5.74) is 3.25. The summed E-state index contributed by atoms with van der Waals surface area (Å²) in [4.78, 5) is 40.4. The zero-order valence-electron chi connectivity index (χ0n) is 20.6. The second-order valence-corrected chi connectivity index (χ2v) is 9.01. The maximum atomic E-state index is 14.5. The van der Waals surface area contributed by atoms with E-state index in [1.54, 1.807) is 33.7 Å². The fourth-order valence-corrected chi connectivity index (χ4v) is 4.64. The second kappa shape index (κ2) is 9.56. The molecule has 2 aromatic heterocycles. The third-order valence-electron chi connectivity index (χ3n) is 6.69. The monoisotopic (exact) mass is 493 g/mol. The Hall–Kier alpha value is -4.02. The van der Waals surface area contributed by atoms with Crippen LogP contribution in [0.4, 0.5) is 10.2 Å². The first-order valence-electron chi connectivity index (χ1n) is 11.9. The Morgan fingerprint density at radius 2 is 1.81 bits per heavy atom. The van der Waals surface area contributed by atoms with Gasteiger partial charge < -0.3 is 19.4 Å². The van der Waals surface area contributed by atoms with Gasteiger partial charge in [-0.25, -0.2) is 14.4 Å². The van der Waals surface area contributed by atoms with Gasteiger partial charge in [0.25, 0.3) is 5.91 Å². The van der Waals surface area contributed by atoms with Crippen molar-refractivity contribution in [1.29, 1.82) is 0 Å². The van der Waals surface area contributed by atoms with E-state index in [2.05, 4.69) is 10.00 Å². The van der Waals surface area contributed by atoms with Gasteiger partial charge in [-0.05, 0) is 12.1 Å². The van der Waals surface area contributed by atoms with E-state index < -0.39 is 5.82 Å². The molecule has 0 spiro atoms. The molecule has 2 amide bonds. The SMILES string of the molecule is COc1ccc(C(=O)N2CCN(c3nc4c(nc3-c3cnn(C)c3)CN(C(C)=O)CC4)CC2)c(F)c1. The first-order chi connectivity index (χ1) is 17.3. The molecular weight excluding hydrogens is 465 g/mol. The van der Waals surface area contributed by atoms with E-state index in [0.717, 1.165) is 22.8 Å². The van der Waals surface area contributed by atoms with Crippen LogP contribution in [0.3, 0.4) is 0 Å². The molecule has 0 saturated carbocycles. The molecule has 0 unspecified atom stereocenters. The number of halogens is 1. The topological polar surface area (TPSA) is 96.7 Å². The standard InChI is InChI=1S/C25H28FN7O3/c1-16(34)33-7-6-21-22(15-33)28-23(17-13-27-30(2)14-17)24(29-21)31-8-10-32(11-9-31)25(35)19-5-4-18(36-3)12-20(19)26/h4-5,12-14H,6-11,15H2,1-3H3. The van der Waals surface area contributed by atoms with Crippen LogP contribution in [0.2, 0.25) is 0 Å². The molecule has 4 heterocycles. The van der Waals surface area contributed by atoms with Crippen molar-refractivity contribution in [2.75, 3.05) is 44.7 Å².